The van der Waals surface area contributed by atoms with Crippen LogP contribution in [0.4, 0.5) is 0 Å². The first kappa shape index (κ1) is 22.7. The van der Waals surface area contributed by atoms with Gasteiger partial charge >= 0.3 is 0 Å². The van der Waals surface area contributed by atoms with Crippen molar-refractivity contribution in [3.8, 4) is 5.75 Å². The molecule has 170 valence electrons. The molecule has 0 bridgehead atoms. The molecule has 3 heterocycles. The first-order chi connectivity index (χ1) is 15.3. The minimum atomic E-state index is -3.63. The summed E-state index contributed by atoms with van der Waals surface area (Å²) in [6.07, 6.45) is 3.50. The smallest absolute Gasteiger partial charge is 0.248 e. The zero-order valence-electron chi connectivity index (χ0n) is 18.0. The van der Waals surface area contributed by atoms with Crippen molar-refractivity contribution in [2.24, 2.45) is 0 Å². The first-order valence-corrected chi connectivity index (χ1v) is 12.1. The van der Waals surface area contributed by atoms with Crippen LogP contribution in [0.2, 0.25) is 5.02 Å². The molecule has 0 N–H and O–H groups in total. The Labute approximate surface area is 192 Å². The minimum absolute atomic E-state index is 0.173. The third-order valence-corrected chi connectivity index (χ3v) is 7.81. The maximum atomic E-state index is 13.0. The molecule has 1 fully saturated rings. The van der Waals surface area contributed by atoms with Gasteiger partial charge in [0, 0.05) is 61.3 Å². The fourth-order valence-electron chi connectivity index (χ4n) is 3.80. The lowest BCUT2D eigenvalue weighted by Gasteiger charge is -2.34. The van der Waals surface area contributed by atoms with Gasteiger partial charge in [-0.05, 0) is 38.1 Å². The number of aryl methyl sites for hydroxylation is 2. The van der Waals surface area contributed by atoms with E-state index in [1.165, 1.54) is 4.31 Å². The number of pyridine rings is 1. The van der Waals surface area contributed by atoms with E-state index in [0.717, 1.165) is 16.9 Å². The largest absolute Gasteiger partial charge is 0.489 e. The fourth-order valence-corrected chi connectivity index (χ4v) is 5.71. The zero-order valence-corrected chi connectivity index (χ0v) is 19.6. The molecule has 4 rings (SSSR count). The molecule has 1 aliphatic rings. The van der Waals surface area contributed by atoms with Crippen molar-refractivity contribution >= 4 is 21.6 Å². The van der Waals surface area contributed by atoms with Crippen LogP contribution >= 0.6 is 11.6 Å². The van der Waals surface area contributed by atoms with Gasteiger partial charge in [0.15, 0.2) is 5.76 Å². The number of hydrogen-bond acceptors (Lipinski definition) is 7. The van der Waals surface area contributed by atoms with Crippen LogP contribution in [0.15, 0.2) is 52.1 Å². The average Bonchev–Trinajstić information content (AvgIpc) is 3.13. The van der Waals surface area contributed by atoms with Crippen LogP contribution in [0.3, 0.4) is 0 Å². The quantitative estimate of drug-likeness (QED) is 0.516. The minimum Gasteiger partial charge on any atom is -0.489 e. The Morgan fingerprint density at radius 2 is 1.94 bits per heavy atom. The summed E-state index contributed by atoms with van der Waals surface area (Å²) in [5, 5.41) is 4.42. The van der Waals surface area contributed by atoms with Crippen molar-refractivity contribution in [2.75, 3.05) is 26.2 Å². The monoisotopic (exact) mass is 476 g/mol. The van der Waals surface area contributed by atoms with Gasteiger partial charge in [-0.1, -0.05) is 22.8 Å². The van der Waals surface area contributed by atoms with Gasteiger partial charge in [0.05, 0.1) is 0 Å². The Morgan fingerprint density at radius 3 is 2.59 bits per heavy atom. The second kappa shape index (κ2) is 9.58. The van der Waals surface area contributed by atoms with Crippen molar-refractivity contribution in [1.82, 2.24) is 19.3 Å². The summed E-state index contributed by atoms with van der Waals surface area (Å²) in [4.78, 5) is 6.48. The lowest BCUT2D eigenvalue weighted by molar-refractivity contribution is 0.178. The van der Waals surface area contributed by atoms with Gasteiger partial charge in [0.25, 0.3) is 0 Å². The summed E-state index contributed by atoms with van der Waals surface area (Å²) < 4.78 is 38.6. The number of hydrogen-bond donors (Lipinski definition) is 0. The van der Waals surface area contributed by atoms with Gasteiger partial charge in [-0.3, -0.25) is 9.88 Å². The molecule has 1 aliphatic heterocycles. The predicted molar refractivity (Wildman–Crippen MR) is 120 cm³/mol. The van der Waals surface area contributed by atoms with Crippen LogP contribution in [-0.4, -0.2) is 53.9 Å². The molecule has 1 saturated heterocycles. The van der Waals surface area contributed by atoms with Crippen LogP contribution in [0, 0.1) is 13.8 Å². The maximum absolute atomic E-state index is 13.0. The number of benzene rings is 1. The van der Waals surface area contributed by atoms with Crippen molar-refractivity contribution in [3.63, 3.8) is 0 Å². The molecular formula is C22H25ClN4O4S. The molecule has 2 aromatic heterocycles. The summed E-state index contributed by atoms with van der Waals surface area (Å²) in [5.41, 5.74) is 2.33. The molecule has 0 spiro atoms. The van der Waals surface area contributed by atoms with Gasteiger partial charge in [-0.2, -0.15) is 4.31 Å². The fraction of sp³-hybridized carbons (Fsp3) is 0.364. The summed E-state index contributed by atoms with van der Waals surface area (Å²) >= 11 is 6.23. The molecule has 10 heteroatoms. The molecule has 1 aromatic carbocycles. The number of piperazine rings is 1. The number of ether oxygens (including phenoxy) is 1. The van der Waals surface area contributed by atoms with E-state index in [0.29, 0.717) is 55.8 Å². The SMILES string of the molecule is Cc1noc(C)c1S(=O)(=O)N1CCN(Cc2cc(Cl)ccc2OCc2cccnc2)CC1. The molecular weight excluding hydrogens is 452 g/mol. The molecule has 0 amide bonds. The normalized spacial score (nSPS) is 15.7. The summed E-state index contributed by atoms with van der Waals surface area (Å²) in [6.45, 7) is 6.25. The number of nitrogens with zero attached hydrogens (tertiary/aromatic N) is 4. The third kappa shape index (κ3) is 4.96. The van der Waals surface area contributed by atoms with E-state index in [4.69, 9.17) is 20.9 Å². The average molecular weight is 477 g/mol. The van der Waals surface area contributed by atoms with E-state index < -0.39 is 10.0 Å². The van der Waals surface area contributed by atoms with Crippen LogP contribution in [0.25, 0.3) is 0 Å². The van der Waals surface area contributed by atoms with Crippen LogP contribution in [0.1, 0.15) is 22.6 Å². The van der Waals surface area contributed by atoms with E-state index in [1.54, 1.807) is 32.3 Å². The lowest BCUT2D eigenvalue weighted by atomic mass is 10.1. The van der Waals surface area contributed by atoms with Gasteiger partial charge in [0.1, 0.15) is 22.9 Å². The summed E-state index contributed by atoms with van der Waals surface area (Å²) in [7, 11) is -3.63. The Kier molecular flexibility index (Phi) is 6.80. The second-order valence-corrected chi connectivity index (χ2v) is 10.0. The Morgan fingerprint density at radius 1 is 1.16 bits per heavy atom. The van der Waals surface area contributed by atoms with Gasteiger partial charge < -0.3 is 9.26 Å². The summed E-state index contributed by atoms with van der Waals surface area (Å²) in [6, 6.07) is 9.40. The van der Waals surface area contributed by atoms with Crippen LogP contribution < -0.4 is 4.74 Å². The number of sulfonamides is 1. The predicted octanol–water partition coefficient (Wildman–Crippen LogP) is 3.43. The standard InChI is InChI=1S/C22H25ClN4O4S/c1-16-22(17(2)31-25-16)32(28,29)27-10-8-26(9-11-27)14-19-12-20(23)5-6-21(19)30-15-18-4-3-7-24-13-18/h3-7,12-13H,8-11,14-15H2,1-2H3. The Hall–Kier alpha value is -2.46. The molecule has 0 radical (unpaired) electrons. The van der Waals surface area contributed by atoms with E-state index >= 15 is 0 Å². The molecule has 3 aromatic rings. The molecule has 0 atom stereocenters. The van der Waals surface area contributed by atoms with E-state index in [2.05, 4.69) is 15.0 Å². The second-order valence-electron chi connectivity index (χ2n) is 7.74. The molecule has 8 nitrogen and oxygen atoms in total. The van der Waals surface area contributed by atoms with Crippen molar-refractivity contribution in [2.45, 2.75) is 31.9 Å². The highest BCUT2D eigenvalue weighted by Gasteiger charge is 2.33. The highest BCUT2D eigenvalue weighted by Crippen LogP contribution is 2.27. The van der Waals surface area contributed by atoms with E-state index in [1.807, 2.05) is 24.3 Å². The Bertz CT molecular complexity index is 1160. The number of aromatic nitrogens is 2. The first-order valence-electron chi connectivity index (χ1n) is 10.3. The van der Waals surface area contributed by atoms with E-state index in [9.17, 15) is 8.42 Å². The van der Waals surface area contributed by atoms with Crippen molar-refractivity contribution in [3.05, 3.63) is 70.3 Å². The Balaban J connectivity index is 1.41. The van der Waals surface area contributed by atoms with Crippen molar-refractivity contribution < 1.29 is 17.7 Å². The topological polar surface area (TPSA) is 88.8 Å². The van der Waals surface area contributed by atoms with Gasteiger partial charge in [0.2, 0.25) is 10.0 Å². The van der Waals surface area contributed by atoms with Crippen LogP contribution in [0.5, 0.6) is 5.75 Å². The maximum Gasteiger partial charge on any atom is 0.248 e. The van der Waals surface area contributed by atoms with Gasteiger partial charge in [-0.15, -0.1) is 0 Å². The molecule has 0 aliphatic carbocycles. The van der Waals surface area contributed by atoms with Crippen molar-refractivity contribution in [1.29, 1.82) is 0 Å². The lowest BCUT2D eigenvalue weighted by Crippen LogP contribution is -2.48. The highest BCUT2D eigenvalue weighted by atomic mass is 35.5. The number of rotatable bonds is 7. The zero-order chi connectivity index (χ0) is 22.7. The molecule has 32 heavy (non-hydrogen) atoms. The molecule has 0 unspecified atom stereocenters. The van der Waals surface area contributed by atoms with E-state index in [-0.39, 0.29) is 4.90 Å². The molecule has 0 saturated carbocycles. The van der Waals surface area contributed by atoms with Crippen LogP contribution in [-0.2, 0) is 23.2 Å². The summed E-state index contributed by atoms with van der Waals surface area (Å²) in [5.74, 6) is 1.07. The highest BCUT2D eigenvalue weighted by molar-refractivity contribution is 7.89. The van der Waals surface area contributed by atoms with Gasteiger partial charge in [-0.25, -0.2) is 8.42 Å². The number of halogens is 1. The third-order valence-electron chi connectivity index (χ3n) is 5.43.